The number of aromatic nitrogens is 3. The normalized spacial score (nSPS) is 14.1. The van der Waals surface area contributed by atoms with E-state index < -0.39 is 0 Å². The van der Waals surface area contributed by atoms with Crippen LogP contribution >= 0.6 is 0 Å². The first kappa shape index (κ1) is 17.2. The van der Waals surface area contributed by atoms with Crippen molar-refractivity contribution in [3.8, 4) is 0 Å². The summed E-state index contributed by atoms with van der Waals surface area (Å²) >= 11 is 0. The third-order valence-electron chi connectivity index (χ3n) is 4.71. The molecule has 0 spiro atoms. The molecule has 0 fully saturated rings. The van der Waals surface area contributed by atoms with Gasteiger partial charge in [-0.05, 0) is 17.2 Å². The van der Waals surface area contributed by atoms with Crippen LogP contribution < -0.4 is 0 Å². The fourth-order valence-corrected chi connectivity index (χ4v) is 3.26. The minimum atomic E-state index is 0.0362. The Hall–Kier alpha value is -3.21. The van der Waals surface area contributed by atoms with Crippen LogP contribution in [0, 0.1) is 0 Å². The van der Waals surface area contributed by atoms with Crippen molar-refractivity contribution in [3.05, 3.63) is 89.5 Å². The summed E-state index contributed by atoms with van der Waals surface area (Å²) in [4.78, 5) is 19.1. The lowest BCUT2D eigenvalue weighted by Gasteiger charge is -2.17. The van der Waals surface area contributed by atoms with Crippen molar-refractivity contribution in [2.75, 3.05) is 13.1 Å². The zero-order valence-corrected chi connectivity index (χ0v) is 15.2. The van der Waals surface area contributed by atoms with Gasteiger partial charge < -0.3 is 4.90 Å². The first-order chi connectivity index (χ1) is 13.3. The van der Waals surface area contributed by atoms with Crippen molar-refractivity contribution in [1.29, 1.82) is 0 Å². The first-order valence-electron chi connectivity index (χ1n) is 9.26. The number of amides is 1. The second-order valence-electron chi connectivity index (χ2n) is 6.65. The molecule has 3 aromatic rings. The maximum atomic E-state index is 12.5. The van der Waals surface area contributed by atoms with E-state index in [4.69, 9.17) is 0 Å². The Balaban J connectivity index is 1.38. The molecule has 0 saturated heterocycles. The van der Waals surface area contributed by atoms with Crippen molar-refractivity contribution < 1.29 is 4.79 Å². The number of carbonyl (C=O) groups excluding carboxylic acids is 1. The van der Waals surface area contributed by atoms with E-state index in [9.17, 15) is 4.79 Å². The van der Waals surface area contributed by atoms with Gasteiger partial charge in [0.05, 0.1) is 6.54 Å². The second kappa shape index (κ2) is 7.99. The zero-order chi connectivity index (χ0) is 18.5. The van der Waals surface area contributed by atoms with Crippen molar-refractivity contribution in [1.82, 2.24) is 19.7 Å². The van der Waals surface area contributed by atoms with Crippen LogP contribution in [0.15, 0.2) is 66.7 Å². The predicted octanol–water partition coefficient (Wildman–Crippen LogP) is 2.97. The summed E-state index contributed by atoms with van der Waals surface area (Å²) in [5.41, 5.74) is 2.24. The quantitative estimate of drug-likeness (QED) is 0.674. The van der Waals surface area contributed by atoms with Gasteiger partial charge in [-0.3, -0.25) is 4.79 Å². The van der Waals surface area contributed by atoms with Gasteiger partial charge in [0.15, 0.2) is 5.82 Å². The number of fused-ring (bicyclic) bond motifs is 1. The van der Waals surface area contributed by atoms with Gasteiger partial charge in [-0.15, -0.1) is 0 Å². The first-order valence-corrected chi connectivity index (χ1v) is 9.26. The largest absolute Gasteiger partial charge is 0.337 e. The molecule has 0 N–H and O–H groups in total. The SMILES string of the molecule is O=C(C=Cc1ccccc1)N1CCc2nc(Cc3ccccc3)nn2CC1. The molecule has 1 aliphatic heterocycles. The van der Waals surface area contributed by atoms with E-state index in [1.807, 2.05) is 64.2 Å². The van der Waals surface area contributed by atoms with E-state index in [1.54, 1.807) is 6.08 Å². The van der Waals surface area contributed by atoms with Crippen LogP contribution in [0.3, 0.4) is 0 Å². The molecule has 1 aromatic heterocycles. The standard InChI is InChI=1S/C22H22N4O/c27-22(12-11-18-7-3-1-4-8-18)25-14-13-21-23-20(24-26(21)16-15-25)17-19-9-5-2-6-10-19/h1-12H,13-17H2. The van der Waals surface area contributed by atoms with E-state index in [1.165, 1.54) is 5.56 Å². The van der Waals surface area contributed by atoms with Crippen molar-refractivity contribution >= 4 is 12.0 Å². The van der Waals surface area contributed by atoms with Gasteiger partial charge in [0.25, 0.3) is 0 Å². The Labute approximate surface area is 159 Å². The summed E-state index contributed by atoms with van der Waals surface area (Å²) in [6, 6.07) is 20.1. The Bertz CT molecular complexity index is 906. The summed E-state index contributed by atoms with van der Waals surface area (Å²) in [6.45, 7) is 2.00. The highest BCUT2D eigenvalue weighted by molar-refractivity contribution is 5.91. The Kier molecular flexibility index (Phi) is 5.10. The molecule has 0 unspecified atom stereocenters. The Morgan fingerprint density at radius 2 is 1.70 bits per heavy atom. The molecule has 2 heterocycles. The maximum Gasteiger partial charge on any atom is 0.246 e. The summed E-state index contributed by atoms with van der Waals surface area (Å²) < 4.78 is 1.95. The van der Waals surface area contributed by atoms with Gasteiger partial charge in [0.2, 0.25) is 5.91 Å². The number of rotatable bonds is 4. The van der Waals surface area contributed by atoms with Crippen LogP contribution in [0.2, 0.25) is 0 Å². The minimum absolute atomic E-state index is 0.0362. The summed E-state index contributed by atoms with van der Waals surface area (Å²) in [6.07, 6.45) is 4.98. The number of hydrogen-bond donors (Lipinski definition) is 0. The monoisotopic (exact) mass is 358 g/mol. The molecule has 0 bridgehead atoms. The minimum Gasteiger partial charge on any atom is -0.337 e. The van der Waals surface area contributed by atoms with Crippen molar-refractivity contribution in [3.63, 3.8) is 0 Å². The van der Waals surface area contributed by atoms with Gasteiger partial charge in [-0.1, -0.05) is 60.7 Å². The molecule has 0 saturated carbocycles. The molecule has 4 rings (SSSR count). The van der Waals surface area contributed by atoms with Crippen molar-refractivity contribution in [2.45, 2.75) is 19.4 Å². The fourth-order valence-electron chi connectivity index (χ4n) is 3.26. The van der Waals surface area contributed by atoms with Crippen LogP contribution in [-0.2, 0) is 24.2 Å². The van der Waals surface area contributed by atoms with E-state index in [0.29, 0.717) is 19.6 Å². The average Bonchev–Trinajstić information content (AvgIpc) is 2.98. The molecule has 1 aliphatic rings. The van der Waals surface area contributed by atoms with Crippen LogP contribution in [-0.4, -0.2) is 38.7 Å². The van der Waals surface area contributed by atoms with Crippen LogP contribution in [0.25, 0.3) is 6.08 Å². The smallest absolute Gasteiger partial charge is 0.246 e. The molecule has 0 radical (unpaired) electrons. The summed E-state index contributed by atoms with van der Waals surface area (Å²) in [7, 11) is 0. The van der Waals surface area contributed by atoms with Gasteiger partial charge in [0, 0.05) is 32.0 Å². The molecule has 2 aromatic carbocycles. The highest BCUT2D eigenvalue weighted by atomic mass is 16.2. The lowest BCUT2D eigenvalue weighted by Crippen LogP contribution is -2.32. The van der Waals surface area contributed by atoms with Crippen LogP contribution in [0.5, 0.6) is 0 Å². The topological polar surface area (TPSA) is 51.0 Å². The van der Waals surface area contributed by atoms with Crippen LogP contribution in [0.4, 0.5) is 0 Å². The summed E-state index contributed by atoms with van der Waals surface area (Å²) in [5, 5.41) is 4.64. The lowest BCUT2D eigenvalue weighted by molar-refractivity contribution is -0.125. The predicted molar refractivity (Wildman–Crippen MR) is 105 cm³/mol. The molecule has 0 aliphatic carbocycles. The highest BCUT2D eigenvalue weighted by Gasteiger charge is 2.19. The van der Waals surface area contributed by atoms with E-state index >= 15 is 0 Å². The zero-order valence-electron chi connectivity index (χ0n) is 15.2. The Morgan fingerprint density at radius 3 is 2.48 bits per heavy atom. The molecule has 27 heavy (non-hydrogen) atoms. The van der Waals surface area contributed by atoms with E-state index in [0.717, 1.165) is 30.1 Å². The molecule has 0 atom stereocenters. The Morgan fingerprint density at radius 1 is 0.963 bits per heavy atom. The number of carbonyl (C=O) groups is 1. The lowest BCUT2D eigenvalue weighted by atomic mass is 10.1. The molecule has 136 valence electrons. The van der Waals surface area contributed by atoms with Gasteiger partial charge in [-0.2, -0.15) is 5.10 Å². The molecular weight excluding hydrogens is 336 g/mol. The number of benzene rings is 2. The molecular formula is C22H22N4O. The van der Waals surface area contributed by atoms with E-state index in [2.05, 4.69) is 22.2 Å². The van der Waals surface area contributed by atoms with Crippen LogP contribution in [0.1, 0.15) is 22.8 Å². The average molecular weight is 358 g/mol. The highest BCUT2D eigenvalue weighted by Crippen LogP contribution is 2.11. The molecule has 1 amide bonds. The fraction of sp³-hybridized carbons (Fsp3) is 0.227. The van der Waals surface area contributed by atoms with E-state index in [-0.39, 0.29) is 5.91 Å². The van der Waals surface area contributed by atoms with Gasteiger partial charge >= 0.3 is 0 Å². The third-order valence-corrected chi connectivity index (χ3v) is 4.71. The number of hydrogen-bond acceptors (Lipinski definition) is 3. The molecule has 5 heteroatoms. The van der Waals surface area contributed by atoms with Crippen molar-refractivity contribution in [2.24, 2.45) is 0 Å². The van der Waals surface area contributed by atoms with Gasteiger partial charge in [-0.25, -0.2) is 9.67 Å². The third kappa shape index (κ3) is 4.31. The molecule has 5 nitrogen and oxygen atoms in total. The maximum absolute atomic E-state index is 12.5. The second-order valence-corrected chi connectivity index (χ2v) is 6.65. The van der Waals surface area contributed by atoms with Gasteiger partial charge in [0.1, 0.15) is 5.82 Å². The summed E-state index contributed by atoms with van der Waals surface area (Å²) in [5.74, 6) is 1.84. The number of nitrogens with zero attached hydrogens (tertiary/aromatic N) is 4.